The molecule has 0 aliphatic carbocycles. The summed E-state index contributed by atoms with van der Waals surface area (Å²) in [5.74, 6) is 0. The van der Waals surface area contributed by atoms with Crippen LogP contribution in [0.15, 0.2) is 11.5 Å². The monoisotopic (exact) mass is 222 g/mol. The van der Waals surface area contributed by atoms with Crippen LogP contribution < -0.4 is 0 Å². The number of hydrogen-bond donors (Lipinski definition) is 4. The van der Waals surface area contributed by atoms with Gasteiger partial charge in [-0.15, -0.1) is 0 Å². The van der Waals surface area contributed by atoms with Crippen LogP contribution in [0.25, 0.3) is 0 Å². The normalized spacial score (nSPS) is 37.9. The fraction of sp³-hybridized carbons (Fsp3) is 0.778. The quantitative estimate of drug-likeness (QED) is 0.469. The first kappa shape index (κ1) is 13.9. The van der Waals surface area contributed by atoms with Crippen LogP contribution in [0.1, 0.15) is 13.3 Å². The minimum absolute atomic E-state index is 0.129. The highest BCUT2D eigenvalue weighted by atomic mass is 32.1. The van der Waals surface area contributed by atoms with Gasteiger partial charge in [-0.3, -0.25) is 0 Å². The summed E-state index contributed by atoms with van der Waals surface area (Å²) < 4.78 is 5.36. The van der Waals surface area contributed by atoms with Crippen LogP contribution in [0.5, 0.6) is 0 Å². The maximum absolute atomic E-state index is 9.36. The highest BCUT2D eigenvalue weighted by molar-refractivity contribution is 7.83. The summed E-state index contributed by atoms with van der Waals surface area (Å²) in [6.45, 7) is 1.74. The van der Waals surface area contributed by atoms with E-state index in [4.69, 9.17) is 9.84 Å². The topological polar surface area (TPSA) is 69.9 Å². The average Bonchev–Trinajstić information content (AvgIpc) is 2.18. The van der Waals surface area contributed by atoms with Crippen LogP contribution in [-0.4, -0.2) is 46.8 Å². The van der Waals surface area contributed by atoms with Gasteiger partial charge in [-0.25, -0.2) is 0 Å². The molecule has 0 saturated carbocycles. The lowest BCUT2D eigenvalue weighted by Crippen LogP contribution is -2.46. The number of rotatable bonds is 1. The summed E-state index contributed by atoms with van der Waals surface area (Å²) in [4.78, 5) is 0. The summed E-state index contributed by atoms with van der Waals surface area (Å²) in [5.41, 5.74) is 0. The van der Waals surface area contributed by atoms with Gasteiger partial charge in [0, 0.05) is 13.5 Å². The Labute approximate surface area is 89.6 Å². The minimum Gasteiger partial charge on any atom is -0.400 e. The van der Waals surface area contributed by atoms with E-state index in [0.717, 1.165) is 7.11 Å². The fourth-order valence-corrected chi connectivity index (χ4v) is 1.51. The summed E-state index contributed by atoms with van der Waals surface area (Å²) in [6, 6.07) is 0. The third-order valence-corrected chi connectivity index (χ3v) is 2.21. The number of ether oxygens (including phenoxy) is 1. The maximum atomic E-state index is 9.36. The number of aliphatic hydroxyl groups is 3. The van der Waals surface area contributed by atoms with E-state index in [9.17, 15) is 10.2 Å². The molecule has 0 aromatic carbocycles. The van der Waals surface area contributed by atoms with Gasteiger partial charge in [0.2, 0.25) is 0 Å². The van der Waals surface area contributed by atoms with Gasteiger partial charge in [0.15, 0.2) is 0 Å². The second kappa shape index (κ2) is 7.25. The molecule has 4 unspecified atom stereocenters. The minimum atomic E-state index is -0.769. The van der Waals surface area contributed by atoms with Gasteiger partial charge < -0.3 is 20.1 Å². The summed E-state index contributed by atoms with van der Waals surface area (Å²) in [5, 5.41) is 27.3. The summed E-state index contributed by atoms with van der Waals surface area (Å²) in [7, 11) is 1.00. The molecule has 1 rings (SSSR count). The number of hydrogen-bond acceptors (Lipinski definition) is 5. The van der Waals surface area contributed by atoms with Crippen LogP contribution in [0, 0.1) is 0 Å². The molecule has 1 saturated heterocycles. The van der Waals surface area contributed by atoms with Crippen molar-refractivity contribution in [3.63, 3.8) is 0 Å². The molecule has 0 bridgehead atoms. The Morgan fingerprint density at radius 1 is 1.36 bits per heavy atom. The SMILES string of the molecule is CC1OC(/C=C/S)CC(O)C1O.CO. The van der Waals surface area contributed by atoms with E-state index in [2.05, 4.69) is 12.6 Å². The van der Waals surface area contributed by atoms with Gasteiger partial charge in [-0.1, -0.05) is 0 Å². The molecule has 3 N–H and O–H groups in total. The first-order chi connectivity index (χ1) is 6.65. The van der Waals surface area contributed by atoms with Crippen molar-refractivity contribution in [2.24, 2.45) is 0 Å². The third-order valence-electron chi connectivity index (χ3n) is 2.04. The largest absolute Gasteiger partial charge is 0.400 e. The molecule has 1 heterocycles. The lowest BCUT2D eigenvalue weighted by atomic mass is 9.99. The smallest absolute Gasteiger partial charge is 0.106 e. The van der Waals surface area contributed by atoms with Crippen molar-refractivity contribution in [3.05, 3.63) is 11.5 Å². The van der Waals surface area contributed by atoms with E-state index in [1.54, 1.807) is 18.4 Å². The number of aliphatic hydroxyl groups excluding tert-OH is 3. The molecule has 0 amide bonds. The van der Waals surface area contributed by atoms with Crippen molar-refractivity contribution in [2.75, 3.05) is 7.11 Å². The van der Waals surface area contributed by atoms with Gasteiger partial charge in [0.05, 0.1) is 18.3 Å². The van der Waals surface area contributed by atoms with Crippen molar-refractivity contribution < 1.29 is 20.1 Å². The van der Waals surface area contributed by atoms with Crippen molar-refractivity contribution in [2.45, 2.75) is 37.8 Å². The van der Waals surface area contributed by atoms with Crippen LogP contribution in [-0.2, 0) is 4.74 Å². The van der Waals surface area contributed by atoms with Crippen LogP contribution in [0.4, 0.5) is 0 Å². The average molecular weight is 222 g/mol. The summed E-state index contributed by atoms with van der Waals surface area (Å²) >= 11 is 3.91. The number of thiol groups is 1. The molecule has 1 aliphatic heterocycles. The van der Waals surface area contributed by atoms with Crippen LogP contribution in [0.2, 0.25) is 0 Å². The molecular formula is C9H18O4S. The Kier molecular flexibility index (Phi) is 7.22. The lowest BCUT2D eigenvalue weighted by molar-refractivity contribution is -0.148. The zero-order valence-corrected chi connectivity index (χ0v) is 9.26. The molecule has 5 heteroatoms. The molecule has 0 aromatic heterocycles. The lowest BCUT2D eigenvalue weighted by Gasteiger charge is -2.34. The highest BCUT2D eigenvalue weighted by Crippen LogP contribution is 2.20. The van der Waals surface area contributed by atoms with E-state index < -0.39 is 12.2 Å². The fourth-order valence-electron chi connectivity index (χ4n) is 1.32. The van der Waals surface area contributed by atoms with Crippen molar-refractivity contribution >= 4 is 12.6 Å². The second-order valence-electron chi connectivity index (χ2n) is 3.01. The molecule has 4 nitrogen and oxygen atoms in total. The molecule has 84 valence electrons. The van der Waals surface area contributed by atoms with E-state index >= 15 is 0 Å². The first-order valence-electron chi connectivity index (χ1n) is 4.42. The van der Waals surface area contributed by atoms with Crippen molar-refractivity contribution in [1.29, 1.82) is 0 Å². The molecule has 1 aliphatic rings. The Bertz CT molecular complexity index is 162. The van der Waals surface area contributed by atoms with Gasteiger partial charge in [-0.05, 0) is 18.4 Å². The molecular weight excluding hydrogens is 204 g/mol. The van der Waals surface area contributed by atoms with Gasteiger partial charge >= 0.3 is 0 Å². The second-order valence-corrected chi connectivity index (χ2v) is 3.31. The molecule has 0 spiro atoms. The predicted octanol–water partition coefficient (Wildman–Crippen LogP) is -0.0624. The highest BCUT2D eigenvalue weighted by Gasteiger charge is 2.32. The Morgan fingerprint density at radius 3 is 2.36 bits per heavy atom. The standard InChI is InChI=1S/C8H14O3S.CH4O/c1-5-8(10)7(9)4-6(11-5)2-3-12;1-2/h2-3,5-10,12H,4H2,1H3;2H,1H3/b3-2+;. The van der Waals surface area contributed by atoms with Gasteiger partial charge in [0.1, 0.15) is 6.10 Å². The Balaban J connectivity index is 0.000000791. The Hall–Kier alpha value is -0.0700. The molecule has 1 fully saturated rings. The van der Waals surface area contributed by atoms with Gasteiger partial charge in [0.25, 0.3) is 0 Å². The third kappa shape index (κ3) is 3.98. The molecule has 4 atom stereocenters. The maximum Gasteiger partial charge on any atom is 0.106 e. The predicted molar refractivity (Wildman–Crippen MR) is 57.2 cm³/mol. The zero-order chi connectivity index (χ0) is 11.1. The van der Waals surface area contributed by atoms with E-state index in [1.807, 2.05) is 0 Å². The molecule has 0 radical (unpaired) electrons. The zero-order valence-electron chi connectivity index (χ0n) is 8.37. The van der Waals surface area contributed by atoms with Crippen LogP contribution in [0.3, 0.4) is 0 Å². The van der Waals surface area contributed by atoms with Crippen molar-refractivity contribution in [3.8, 4) is 0 Å². The Morgan fingerprint density at radius 2 is 1.93 bits per heavy atom. The molecule has 0 aromatic rings. The van der Waals surface area contributed by atoms with Gasteiger partial charge in [-0.2, -0.15) is 12.6 Å². The first-order valence-corrected chi connectivity index (χ1v) is 4.94. The van der Waals surface area contributed by atoms with Crippen molar-refractivity contribution in [1.82, 2.24) is 0 Å². The molecule has 14 heavy (non-hydrogen) atoms. The van der Waals surface area contributed by atoms with E-state index in [0.29, 0.717) is 6.42 Å². The van der Waals surface area contributed by atoms with E-state index in [1.165, 1.54) is 0 Å². The summed E-state index contributed by atoms with van der Waals surface area (Å²) in [6.07, 6.45) is 0.286. The van der Waals surface area contributed by atoms with E-state index in [-0.39, 0.29) is 12.2 Å². The van der Waals surface area contributed by atoms with Crippen LogP contribution >= 0.6 is 12.6 Å².